The number of nitrogens with zero attached hydrogens (tertiary/aromatic N) is 5. The molecule has 1 N–H and O–H groups in total. The molecule has 2 bridgehead atoms. The zero-order chi connectivity index (χ0) is 22.0. The Morgan fingerprint density at radius 2 is 1.94 bits per heavy atom. The summed E-state index contributed by atoms with van der Waals surface area (Å²) in [6.07, 6.45) is -2.13. The van der Waals surface area contributed by atoms with Crippen LogP contribution in [0.3, 0.4) is 0 Å². The van der Waals surface area contributed by atoms with Gasteiger partial charge in [0.2, 0.25) is 0 Å². The van der Waals surface area contributed by atoms with E-state index in [1.54, 1.807) is 15.4 Å². The molecular formula is C22H18BrF3N6. The number of likely N-dealkylation sites (tertiary alicyclic amines) is 1. The SMILES string of the molecule is FC(F)(F)[C@@H](c1ccc2nnc(-c3ccc4ccc(Br)cc4n3)n2c1)N1C[C@@H]2C[C@H]1CN2. The Morgan fingerprint density at radius 1 is 1.09 bits per heavy atom. The number of piperazine rings is 1. The summed E-state index contributed by atoms with van der Waals surface area (Å²) in [6, 6.07) is 11.0. The van der Waals surface area contributed by atoms with Gasteiger partial charge in [-0.05, 0) is 36.2 Å². The Labute approximate surface area is 189 Å². The summed E-state index contributed by atoms with van der Waals surface area (Å²) in [5.74, 6) is 0.411. The monoisotopic (exact) mass is 502 g/mol. The topological polar surface area (TPSA) is 58.4 Å². The van der Waals surface area contributed by atoms with Crippen molar-refractivity contribution in [2.45, 2.75) is 30.7 Å². The summed E-state index contributed by atoms with van der Waals surface area (Å²) in [5, 5.41) is 12.6. The number of alkyl halides is 3. The summed E-state index contributed by atoms with van der Waals surface area (Å²) in [6.45, 7) is 0.983. The number of hydrogen-bond donors (Lipinski definition) is 1. The number of pyridine rings is 2. The van der Waals surface area contributed by atoms with Gasteiger partial charge in [0.25, 0.3) is 0 Å². The van der Waals surface area contributed by atoms with Gasteiger partial charge in [-0.3, -0.25) is 9.30 Å². The van der Waals surface area contributed by atoms with Crippen molar-refractivity contribution in [2.75, 3.05) is 13.1 Å². The molecule has 0 spiro atoms. The number of fused-ring (bicyclic) bond motifs is 4. The van der Waals surface area contributed by atoms with Crippen LogP contribution in [0.1, 0.15) is 18.0 Å². The van der Waals surface area contributed by atoms with Gasteiger partial charge in [0.1, 0.15) is 11.7 Å². The molecule has 2 aliphatic rings. The normalized spacial score (nSPS) is 22.2. The fourth-order valence-electron chi connectivity index (χ4n) is 4.94. The van der Waals surface area contributed by atoms with E-state index in [4.69, 9.17) is 0 Å². The average Bonchev–Trinajstić information content (AvgIpc) is 3.48. The highest BCUT2D eigenvalue weighted by molar-refractivity contribution is 9.10. The second-order valence-corrected chi connectivity index (χ2v) is 9.30. The molecule has 2 saturated heterocycles. The molecule has 2 aliphatic heterocycles. The van der Waals surface area contributed by atoms with Gasteiger partial charge < -0.3 is 5.32 Å². The minimum atomic E-state index is -4.39. The number of rotatable bonds is 3. The van der Waals surface area contributed by atoms with Crippen molar-refractivity contribution in [3.63, 3.8) is 0 Å². The first-order valence-electron chi connectivity index (χ1n) is 10.3. The Morgan fingerprint density at radius 3 is 2.69 bits per heavy atom. The molecule has 3 atom stereocenters. The quantitative estimate of drug-likeness (QED) is 0.451. The first kappa shape index (κ1) is 20.1. The highest BCUT2D eigenvalue weighted by atomic mass is 79.9. The second-order valence-electron chi connectivity index (χ2n) is 8.38. The van der Waals surface area contributed by atoms with Gasteiger partial charge in [0.15, 0.2) is 11.5 Å². The van der Waals surface area contributed by atoms with Gasteiger partial charge in [-0.15, -0.1) is 10.2 Å². The first-order chi connectivity index (χ1) is 15.4. The summed E-state index contributed by atoms with van der Waals surface area (Å²) < 4.78 is 45.2. The van der Waals surface area contributed by atoms with E-state index in [1.165, 1.54) is 12.3 Å². The molecule has 0 radical (unpaired) electrons. The first-order valence-corrected chi connectivity index (χ1v) is 11.1. The van der Waals surface area contributed by atoms with E-state index in [-0.39, 0.29) is 17.6 Å². The largest absolute Gasteiger partial charge is 0.408 e. The third-order valence-corrected chi connectivity index (χ3v) is 6.86. The minimum Gasteiger partial charge on any atom is -0.311 e. The number of nitrogens with one attached hydrogen (secondary N) is 1. The lowest BCUT2D eigenvalue weighted by Gasteiger charge is -2.36. The zero-order valence-electron chi connectivity index (χ0n) is 16.7. The van der Waals surface area contributed by atoms with E-state index < -0.39 is 12.2 Å². The lowest BCUT2D eigenvalue weighted by Crippen LogP contribution is -2.49. The minimum absolute atomic E-state index is 0.108. The number of aromatic nitrogens is 4. The van der Waals surface area contributed by atoms with Crippen molar-refractivity contribution in [3.8, 4) is 11.5 Å². The van der Waals surface area contributed by atoms with Crippen LogP contribution in [0, 0.1) is 0 Å². The molecule has 4 aromatic rings. The second kappa shape index (κ2) is 7.23. The van der Waals surface area contributed by atoms with E-state index in [0.717, 1.165) is 21.8 Å². The summed E-state index contributed by atoms with van der Waals surface area (Å²) >= 11 is 3.45. The van der Waals surface area contributed by atoms with Crippen molar-refractivity contribution >= 4 is 32.5 Å². The average molecular weight is 503 g/mol. The van der Waals surface area contributed by atoms with Crippen LogP contribution in [-0.4, -0.2) is 55.8 Å². The van der Waals surface area contributed by atoms with Gasteiger partial charge in [0, 0.05) is 41.2 Å². The van der Waals surface area contributed by atoms with Crippen LogP contribution in [0.4, 0.5) is 13.2 Å². The number of halogens is 4. The molecule has 3 aromatic heterocycles. The Bertz CT molecular complexity index is 1340. The van der Waals surface area contributed by atoms with E-state index >= 15 is 0 Å². The van der Waals surface area contributed by atoms with Crippen molar-refractivity contribution in [1.82, 2.24) is 29.8 Å². The molecule has 10 heteroatoms. The van der Waals surface area contributed by atoms with Gasteiger partial charge in [0.05, 0.1) is 5.52 Å². The van der Waals surface area contributed by atoms with Crippen molar-refractivity contribution in [1.29, 1.82) is 0 Å². The van der Waals surface area contributed by atoms with Crippen LogP contribution in [0.5, 0.6) is 0 Å². The van der Waals surface area contributed by atoms with E-state index in [0.29, 0.717) is 30.3 Å². The van der Waals surface area contributed by atoms with Gasteiger partial charge >= 0.3 is 6.18 Å². The molecule has 164 valence electrons. The molecule has 32 heavy (non-hydrogen) atoms. The predicted molar refractivity (Wildman–Crippen MR) is 117 cm³/mol. The summed E-state index contributed by atoms with van der Waals surface area (Å²) in [5.41, 5.74) is 1.97. The molecule has 6 nitrogen and oxygen atoms in total. The van der Waals surface area contributed by atoms with Crippen LogP contribution < -0.4 is 5.32 Å². The summed E-state index contributed by atoms with van der Waals surface area (Å²) in [4.78, 5) is 6.25. The van der Waals surface area contributed by atoms with Crippen molar-refractivity contribution < 1.29 is 13.2 Å². The van der Waals surface area contributed by atoms with Crippen LogP contribution in [0.2, 0.25) is 0 Å². The maximum Gasteiger partial charge on any atom is 0.408 e. The molecule has 0 saturated carbocycles. The standard InChI is InChI=1S/C22H18BrF3N6/c23-14-4-1-12-2-5-17(28-18(12)7-14)21-30-29-19-6-3-13(10-32(19)21)20(22(24,25)26)31-11-15-8-16(31)9-27-15/h1-7,10,15-16,20,27H,8-9,11H2/t15-,16-,20+/m0/s1. The van der Waals surface area contributed by atoms with Crippen LogP contribution in [-0.2, 0) is 0 Å². The molecule has 0 aliphatic carbocycles. The molecule has 1 aromatic carbocycles. The van der Waals surface area contributed by atoms with Crippen LogP contribution in [0.25, 0.3) is 28.1 Å². The molecule has 2 fully saturated rings. The molecule has 5 heterocycles. The zero-order valence-corrected chi connectivity index (χ0v) is 18.3. The van der Waals surface area contributed by atoms with Crippen molar-refractivity contribution in [2.24, 2.45) is 0 Å². The summed E-state index contributed by atoms with van der Waals surface area (Å²) in [7, 11) is 0. The van der Waals surface area contributed by atoms with Gasteiger partial charge in [-0.25, -0.2) is 4.98 Å². The fourth-order valence-corrected chi connectivity index (χ4v) is 5.29. The maximum absolute atomic E-state index is 14.2. The Kier molecular flexibility index (Phi) is 4.53. The maximum atomic E-state index is 14.2. The highest BCUT2D eigenvalue weighted by Gasteiger charge is 2.51. The highest BCUT2D eigenvalue weighted by Crippen LogP contribution is 2.42. The fraction of sp³-hybridized carbons (Fsp3) is 0.318. The number of hydrogen-bond acceptors (Lipinski definition) is 5. The molecule has 6 rings (SSSR count). The molecular weight excluding hydrogens is 485 g/mol. The third-order valence-electron chi connectivity index (χ3n) is 6.36. The van der Waals surface area contributed by atoms with E-state index in [9.17, 15) is 13.2 Å². The van der Waals surface area contributed by atoms with Crippen LogP contribution >= 0.6 is 15.9 Å². The predicted octanol–water partition coefficient (Wildman–Crippen LogP) is 4.36. The molecule has 0 unspecified atom stereocenters. The lowest BCUT2D eigenvalue weighted by molar-refractivity contribution is -0.190. The van der Waals surface area contributed by atoms with Gasteiger partial charge in [-0.1, -0.05) is 34.1 Å². The Hall–Kier alpha value is -2.56. The number of benzene rings is 1. The van der Waals surface area contributed by atoms with Crippen LogP contribution in [0.15, 0.2) is 53.1 Å². The lowest BCUT2D eigenvalue weighted by atomic mass is 10.1. The molecule has 0 amide bonds. The van der Waals surface area contributed by atoms with E-state index in [1.807, 2.05) is 30.3 Å². The van der Waals surface area contributed by atoms with Crippen molar-refractivity contribution in [3.05, 3.63) is 58.7 Å². The van der Waals surface area contributed by atoms with E-state index in [2.05, 4.69) is 36.4 Å². The Balaban J connectivity index is 1.45. The van der Waals surface area contributed by atoms with Gasteiger partial charge in [-0.2, -0.15) is 13.2 Å². The smallest absolute Gasteiger partial charge is 0.311 e. The third kappa shape index (κ3) is 3.28.